The molecule has 0 aromatic carbocycles. The van der Waals surface area contributed by atoms with Gasteiger partial charge in [0.2, 0.25) is 0 Å². The van der Waals surface area contributed by atoms with Crippen LogP contribution >= 0.6 is 9.39 Å². The van der Waals surface area contributed by atoms with E-state index in [9.17, 15) is 17.3 Å². The third-order valence-corrected chi connectivity index (χ3v) is 3.69. The van der Waals surface area contributed by atoms with E-state index >= 15 is 0 Å². The molecule has 10 heteroatoms. The maximum atomic E-state index is 9.75. The minimum absolute atomic E-state index is 0. The van der Waals surface area contributed by atoms with Crippen molar-refractivity contribution in [3.8, 4) is 0 Å². The molecule has 2 fully saturated rings. The first-order valence-electron chi connectivity index (χ1n) is 6.21. The van der Waals surface area contributed by atoms with Gasteiger partial charge in [0.05, 0.1) is 6.17 Å². The smallest absolute Gasteiger partial charge is 0.418 e. The fourth-order valence-electron chi connectivity index (χ4n) is 2.31. The van der Waals surface area contributed by atoms with E-state index in [2.05, 4.69) is 24.3 Å². The van der Waals surface area contributed by atoms with Crippen LogP contribution in [-0.4, -0.2) is 55.7 Å². The van der Waals surface area contributed by atoms with Gasteiger partial charge in [-0.15, -0.1) is 0 Å². The van der Waals surface area contributed by atoms with Gasteiger partial charge in [-0.2, -0.15) is 0 Å². The van der Waals surface area contributed by atoms with Crippen LogP contribution in [0.2, 0.25) is 0 Å². The van der Waals surface area contributed by atoms with E-state index < -0.39 is 7.25 Å². The minimum Gasteiger partial charge on any atom is -0.418 e. The molecule has 3 nitrogen and oxygen atoms in total. The van der Waals surface area contributed by atoms with Crippen molar-refractivity contribution in [2.45, 2.75) is 25.4 Å². The number of halogens is 4. The number of nitrogens with one attached hydrogen (secondary N) is 1. The van der Waals surface area contributed by atoms with Gasteiger partial charge < -0.3 is 22.6 Å². The summed E-state index contributed by atoms with van der Waals surface area (Å²) in [4.78, 5) is 2.61. The molecule has 0 spiro atoms. The Morgan fingerprint density at radius 3 is 2.00 bits per heavy atom. The minimum atomic E-state index is -6.00. The predicted octanol–water partition coefficient (Wildman–Crippen LogP) is 1.79. The van der Waals surface area contributed by atoms with Gasteiger partial charge in [-0.25, -0.2) is 0 Å². The fourth-order valence-corrected chi connectivity index (χ4v) is 2.83. The molecule has 118 valence electrons. The maximum absolute atomic E-state index is 9.75. The van der Waals surface area contributed by atoms with Crippen molar-refractivity contribution in [2.24, 2.45) is 0 Å². The summed E-state index contributed by atoms with van der Waals surface area (Å²) >= 11 is 0. The Bertz CT molecular complexity index is 238. The van der Waals surface area contributed by atoms with Crippen molar-refractivity contribution in [2.75, 3.05) is 32.7 Å². The van der Waals surface area contributed by atoms with Crippen LogP contribution in [0.25, 0.3) is 0 Å². The monoisotopic (exact) mass is 395 g/mol. The van der Waals surface area contributed by atoms with E-state index in [1.165, 1.54) is 38.9 Å². The molecular formula is C9H20AgBF4N3P. The van der Waals surface area contributed by atoms with Gasteiger partial charge >= 0.3 is 29.6 Å². The number of piperazine rings is 1. The van der Waals surface area contributed by atoms with Gasteiger partial charge in [0.25, 0.3) is 0 Å². The summed E-state index contributed by atoms with van der Waals surface area (Å²) in [5.74, 6) is 0. The predicted molar refractivity (Wildman–Crippen MR) is 68.7 cm³/mol. The van der Waals surface area contributed by atoms with Gasteiger partial charge in [-0.3, -0.25) is 9.57 Å². The van der Waals surface area contributed by atoms with Crippen LogP contribution in [0.5, 0.6) is 0 Å². The van der Waals surface area contributed by atoms with Gasteiger partial charge in [0.1, 0.15) is 0 Å². The van der Waals surface area contributed by atoms with E-state index in [0.29, 0.717) is 6.17 Å². The first kappa shape index (κ1) is 19.8. The molecule has 0 aliphatic carbocycles. The van der Waals surface area contributed by atoms with E-state index in [1.54, 1.807) is 0 Å². The van der Waals surface area contributed by atoms with E-state index in [1.807, 2.05) is 0 Å². The number of hydrogen-bond donors (Lipinski definition) is 1. The molecule has 1 N–H and O–H groups in total. The van der Waals surface area contributed by atoms with Crippen LogP contribution in [0.3, 0.4) is 0 Å². The first-order chi connectivity index (χ1) is 8.38. The van der Waals surface area contributed by atoms with Crippen LogP contribution in [0, 0.1) is 0 Å². The quantitative estimate of drug-likeness (QED) is 0.415. The van der Waals surface area contributed by atoms with Crippen molar-refractivity contribution < 1.29 is 39.6 Å². The molecule has 2 heterocycles. The van der Waals surface area contributed by atoms with Crippen LogP contribution < -0.4 is 5.32 Å². The number of piperidine rings is 1. The summed E-state index contributed by atoms with van der Waals surface area (Å²) in [7, 11) is -3.11. The molecule has 0 bridgehead atoms. The second-order valence-corrected chi connectivity index (χ2v) is 5.16. The van der Waals surface area contributed by atoms with E-state index in [0.717, 1.165) is 13.1 Å². The second kappa shape index (κ2) is 9.71. The van der Waals surface area contributed by atoms with Crippen molar-refractivity contribution >= 4 is 16.6 Å². The Kier molecular flexibility index (Phi) is 10.1. The Hall–Kier alpha value is 0.835. The molecule has 0 aromatic rings. The molecule has 0 radical (unpaired) electrons. The average molecular weight is 396 g/mol. The Balaban J connectivity index is 0.000000471. The van der Waals surface area contributed by atoms with Crippen molar-refractivity contribution in [3.63, 3.8) is 0 Å². The average Bonchev–Trinajstić information content (AvgIpc) is 2.29. The zero-order valence-corrected chi connectivity index (χ0v) is 13.2. The number of nitrogens with zero attached hydrogens (tertiary/aromatic N) is 2. The van der Waals surface area contributed by atoms with E-state index in [-0.39, 0.29) is 22.4 Å². The largest absolute Gasteiger partial charge is 1.00 e. The molecule has 0 saturated carbocycles. The summed E-state index contributed by atoms with van der Waals surface area (Å²) in [5, 5.41) is 3.40. The summed E-state index contributed by atoms with van der Waals surface area (Å²) in [5.41, 5.74) is 0. The Labute approximate surface area is 129 Å². The SMILES string of the molecule is F[B-](F)(F)F.PN1CCCCC1N1CCNCC1.[Ag+]. The second-order valence-electron chi connectivity index (χ2n) is 4.50. The standard InChI is InChI=1S/C9H20N3P.Ag.BF4/c13-12-6-2-1-3-9(12)11-7-4-10-5-8-11;;2-1(3,4)5/h9-10H,1-8,13H2;;/q;+1;-1. The summed E-state index contributed by atoms with van der Waals surface area (Å²) in [6.45, 7) is 6.01. The van der Waals surface area contributed by atoms with E-state index in [4.69, 9.17) is 0 Å². The Morgan fingerprint density at radius 2 is 1.53 bits per heavy atom. The van der Waals surface area contributed by atoms with Crippen molar-refractivity contribution in [3.05, 3.63) is 0 Å². The molecule has 2 unspecified atom stereocenters. The summed E-state index contributed by atoms with van der Waals surface area (Å²) in [6.07, 6.45) is 4.82. The van der Waals surface area contributed by atoms with Crippen LogP contribution in [0.1, 0.15) is 19.3 Å². The third kappa shape index (κ3) is 9.40. The third-order valence-electron chi connectivity index (χ3n) is 3.08. The number of hydrogen-bond acceptors (Lipinski definition) is 3. The molecule has 0 aromatic heterocycles. The normalized spacial score (nSPS) is 26.1. The molecule has 2 saturated heterocycles. The van der Waals surface area contributed by atoms with Crippen molar-refractivity contribution in [1.29, 1.82) is 0 Å². The van der Waals surface area contributed by atoms with Crippen molar-refractivity contribution in [1.82, 2.24) is 14.9 Å². The zero-order valence-electron chi connectivity index (χ0n) is 10.6. The molecule has 2 aliphatic rings. The van der Waals surface area contributed by atoms with Crippen LogP contribution in [0.15, 0.2) is 0 Å². The molecule has 2 aliphatic heterocycles. The molecule has 2 atom stereocenters. The van der Waals surface area contributed by atoms with Gasteiger partial charge in [0.15, 0.2) is 0 Å². The van der Waals surface area contributed by atoms with Gasteiger partial charge in [-0.1, -0.05) is 9.39 Å². The molecular weight excluding hydrogens is 376 g/mol. The zero-order chi connectivity index (χ0) is 13.6. The molecule has 19 heavy (non-hydrogen) atoms. The maximum Gasteiger partial charge on any atom is 1.00 e. The van der Waals surface area contributed by atoms with Crippen LogP contribution in [0.4, 0.5) is 17.3 Å². The Morgan fingerprint density at radius 1 is 1.00 bits per heavy atom. The first-order valence-corrected chi connectivity index (χ1v) is 6.73. The summed E-state index contributed by atoms with van der Waals surface area (Å²) in [6, 6.07) is 0. The van der Waals surface area contributed by atoms with Gasteiger partial charge in [-0.05, 0) is 19.3 Å². The molecule has 2 rings (SSSR count). The summed E-state index contributed by atoms with van der Waals surface area (Å²) < 4.78 is 41.4. The fraction of sp³-hybridized carbons (Fsp3) is 1.00. The number of rotatable bonds is 1. The van der Waals surface area contributed by atoms with Gasteiger partial charge in [0, 0.05) is 32.7 Å². The topological polar surface area (TPSA) is 18.5 Å². The van der Waals surface area contributed by atoms with Crippen LogP contribution in [-0.2, 0) is 22.4 Å². The molecule has 0 amide bonds.